The fourth-order valence-electron chi connectivity index (χ4n) is 1.86. The van der Waals surface area contributed by atoms with Crippen LogP contribution in [-0.2, 0) is 4.74 Å². The van der Waals surface area contributed by atoms with Gasteiger partial charge in [0.25, 0.3) is 0 Å². The summed E-state index contributed by atoms with van der Waals surface area (Å²) in [6.45, 7) is 3.34. The summed E-state index contributed by atoms with van der Waals surface area (Å²) >= 11 is 0. The topological polar surface area (TPSA) is 105 Å². The summed E-state index contributed by atoms with van der Waals surface area (Å²) in [6, 6.07) is 4.60. The van der Waals surface area contributed by atoms with E-state index in [4.69, 9.17) is 9.15 Å². The van der Waals surface area contributed by atoms with Crippen LogP contribution in [0.4, 0.5) is 5.82 Å². The van der Waals surface area contributed by atoms with E-state index in [0.717, 1.165) is 0 Å². The number of nitro groups is 1. The number of esters is 1. The first-order valence-corrected chi connectivity index (χ1v) is 6.38. The number of furan rings is 1. The SMILES string of the molecule is COC(=O)c1oc([C@@H](C)Oc2cccnc2[N+](=O)[O-])cc1C. The minimum Gasteiger partial charge on any atom is -0.474 e. The molecule has 0 saturated carbocycles. The van der Waals surface area contributed by atoms with Gasteiger partial charge < -0.3 is 24.0 Å². The molecular weight excluding hydrogens is 292 g/mol. The molecule has 2 heterocycles. The third-order valence-corrected chi connectivity index (χ3v) is 2.94. The Morgan fingerprint density at radius 3 is 2.86 bits per heavy atom. The van der Waals surface area contributed by atoms with Crippen LogP contribution in [0.1, 0.15) is 34.9 Å². The summed E-state index contributed by atoms with van der Waals surface area (Å²) in [4.78, 5) is 25.5. The van der Waals surface area contributed by atoms with Crippen LogP contribution in [0.15, 0.2) is 28.8 Å². The number of carbonyl (C=O) groups excluding carboxylic acids is 1. The first-order valence-electron chi connectivity index (χ1n) is 6.38. The second-order valence-corrected chi connectivity index (χ2v) is 4.49. The Hall–Kier alpha value is -2.90. The summed E-state index contributed by atoms with van der Waals surface area (Å²) in [5.74, 6) is -0.521. The van der Waals surface area contributed by atoms with E-state index in [-0.39, 0.29) is 17.3 Å². The van der Waals surface area contributed by atoms with E-state index in [9.17, 15) is 14.9 Å². The Labute approximate surface area is 125 Å². The Morgan fingerprint density at radius 1 is 1.50 bits per heavy atom. The summed E-state index contributed by atoms with van der Waals surface area (Å²) < 4.78 is 15.5. The number of nitrogens with zero attached hydrogens (tertiary/aromatic N) is 2. The van der Waals surface area contributed by atoms with E-state index in [2.05, 4.69) is 9.72 Å². The number of aryl methyl sites for hydroxylation is 1. The van der Waals surface area contributed by atoms with Crippen molar-refractivity contribution < 1.29 is 23.6 Å². The molecule has 2 aromatic rings. The second kappa shape index (κ2) is 6.25. The van der Waals surface area contributed by atoms with Gasteiger partial charge in [0, 0.05) is 5.56 Å². The molecule has 0 aliphatic carbocycles. The van der Waals surface area contributed by atoms with Crippen LogP contribution in [-0.4, -0.2) is 23.0 Å². The summed E-state index contributed by atoms with van der Waals surface area (Å²) in [5, 5.41) is 10.9. The Kier molecular flexibility index (Phi) is 4.40. The molecule has 0 aliphatic heterocycles. The lowest BCUT2D eigenvalue weighted by Crippen LogP contribution is -2.05. The van der Waals surface area contributed by atoms with Crippen molar-refractivity contribution >= 4 is 11.8 Å². The zero-order valence-electron chi connectivity index (χ0n) is 12.2. The average Bonchev–Trinajstić information content (AvgIpc) is 2.89. The highest BCUT2D eigenvalue weighted by Gasteiger charge is 2.23. The van der Waals surface area contributed by atoms with Crippen molar-refractivity contribution in [2.45, 2.75) is 20.0 Å². The van der Waals surface area contributed by atoms with E-state index in [1.54, 1.807) is 19.9 Å². The summed E-state index contributed by atoms with van der Waals surface area (Å²) in [6.07, 6.45) is 0.669. The van der Waals surface area contributed by atoms with Gasteiger partial charge in [-0.3, -0.25) is 0 Å². The number of hydrogen-bond donors (Lipinski definition) is 0. The minimum absolute atomic E-state index is 0.0219. The molecule has 0 aliphatic rings. The van der Waals surface area contributed by atoms with Gasteiger partial charge in [-0.1, -0.05) is 0 Å². The molecule has 0 fully saturated rings. The van der Waals surface area contributed by atoms with Crippen LogP contribution in [0, 0.1) is 17.0 Å². The molecule has 8 nitrogen and oxygen atoms in total. The van der Waals surface area contributed by atoms with Crippen molar-refractivity contribution in [1.29, 1.82) is 0 Å². The molecule has 2 aromatic heterocycles. The van der Waals surface area contributed by atoms with E-state index in [1.165, 1.54) is 25.4 Å². The van der Waals surface area contributed by atoms with Gasteiger partial charge in [-0.25, -0.2) is 4.79 Å². The minimum atomic E-state index is -0.639. The molecule has 0 aromatic carbocycles. The zero-order chi connectivity index (χ0) is 16.3. The molecule has 0 unspecified atom stereocenters. The molecule has 0 bridgehead atoms. The predicted molar refractivity (Wildman–Crippen MR) is 74.7 cm³/mol. The number of carbonyl (C=O) groups is 1. The van der Waals surface area contributed by atoms with Crippen LogP contribution >= 0.6 is 0 Å². The molecule has 8 heteroatoms. The smallest absolute Gasteiger partial charge is 0.406 e. The lowest BCUT2D eigenvalue weighted by atomic mass is 10.2. The first-order chi connectivity index (χ1) is 10.4. The molecule has 0 amide bonds. The zero-order valence-corrected chi connectivity index (χ0v) is 12.2. The van der Waals surface area contributed by atoms with Gasteiger partial charge in [0.2, 0.25) is 11.5 Å². The monoisotopic (exact) mass is 306 g/mol. The van der Waals surface area contributed by atoms with Gasteiger partial charge in [0.15, 0.2) is 6.10 Å². The highest BCUT2D eigenvalue weighted by atomic mass is 16.6. The van der Waals surface area contributed by atoms with Gasteiger partial charge in [0.05, 0.1) is 7.11 Å². The third-order valence-electron chi connectivity index (χ3n) is 2.94. The highest BCUT2D eigenvalue weighted by Crippen LogP contribution is 2.30. The Balaban J connectivity index is 2.25. The predicted octanol–water partition coefficient (Wildman–Crippen LogP) is 2.82. The maximum atomic E-state index is 11.5. The molecule has 0 radical (unpaired) electrons. The lowest BCUT2D eigenvalue weighted by molar-refractivity contribution is -0.390. The Bertz CT molecular complexity index is 709. The molecule has 22 heavy (non-hydrogen) atoms. The Morgan fingerprint density at radius 2 is 2.23 bits per heavy atom. The normalized spacial score (nSPS) is 11.8. The standard InChI is InChI=1S/C14H14N2O6/c1-8-7-11(22-12(8)14(17)20-3)9(2)21-10-5-4-6-15-13(10)16(18)19/h4-7,9H,1-3H3/t9-/m1/s1. The van der Waals surface area contributed by atoms with Crippen LogP contribution < -0.4 is 4.74 Å². The van der Waals surface area contributed by atoms with Crippen LogP contribution in [0.25, 0.3) is 0 Å². The molecule has 1 atom stereocenters. The van der Waals surface area contributed by atoms with Crippen molar-refractivity contribution in [2.24, 2.45) is 0 Å². The van der Waals surface area contributed by atoms with Crippen LogP contribution in [0.2, 0.25) is 0 Å². The van der Waals surface area contributed by atoms with Gasteiger partial charge in [0.1, 0.15) is 12.0 Å². The summed E-state index contributed by atoms with van der Waals surface area (Å²) in [7, 11) is 1.25. The number of pyridine rings is 1. The fraction of sp³-hybridized carbons (Fsp3) is 0.286. The van der Waals surface area contributed by atoms with Gasteiger partial charge in [-0.15, -0.1) is 0 Å². The van der Waals surface area contributed by atoms with Gasteiger partial charge in [-0.05, 0) is 42.0 Å². The molecule has 2 rings (SSSR count). The van der Waals surface area contributed by atoms with Crippen molar-refractivity contribution in [3.05, 3.63) is 51.6 Å². The largest absolute Gasteiger partial charge is 0.474 e. The van der Waals surface area contributed by atoms with Crippen LogP contribution in [0.3, 0.4) is 0 Å². The quantitative estimate of drug-likeness (QED) is 0.475. The van der Waals surface area contributed by atoms with Crippen molar-refractivity contribution in [3.63, 3.8) is 0 Å². The van der Waals surface area contributed by atoms with E-state index in [0.29, 0.717) is 11.3 Å². The maximum Gasteiger partial charge on any atom is 0.406 e. The number of hydrogen-bond acceptors (Lipinski definition) is 7. The number of aromatic nitrogens is 1. The molecule has 0 N–H and O–H groups in total. The van der Waals surface area contributed by atoms with Crippen molar-refractivity contribution in [1.82, 2.24) is 4.98 Å². The van der Waals surface area contributed by atoms with E-state index >= 15 is 0 Å². The number of rotatable bonds is 5. The van der Waals surface area contributed by atoms with Gasteiger partial charge in [-0.2, -0.15) is 0 Å². The number of ether oxygens (including phenoxy) is 2. The van der Waals surface area contributed by atoms with E-state index in [1.807, 2.05) is 0 Å². The van der Waals surface area contributed by atoms with Gasteiger partial charge >= 0.3 is 11.8 Å². The first kappa shape index (κ1) is 15.5. The van der Waals surface area contributed by atoms with E-state index < -0.39 is 17.0 Å². The van der Waals surface area contributed by atoms with Crippen LogP contribution in [0.5, 0.6) is 5.75 Å². The molecule has 0 spiro atoms. The third kappa shape index (κ3) is 3.05. The maximum absolute atomic E-state index is 11.5. The molecular formula is C14H14N2O6. The fourth-order valence-corrected chi connectivity index (χ4v) is 1.86. The van der Waals surface area contributed by atoms with Crippen molar-refractivity contribution in [3.8, 4) is 5.75 Å². The molecule has 116 valence electrons. The average molecular weight is 306 g/mol. The molecule has 0 saturated heterocycles. The number of methoxy groups -OCH3 is 1. The highest BCUT2D eigenvalue weighted by molar-refractivity contribution is 5.87. The summed E-state index contributed by atoms with van der Waals surface area (Å²) in [5.41, 5.74) is 0.595. The second-order valence-electron chi connectivity index (χ2n) is 4.49. The lowest BCUT2D eigenvalue weighted by Gasteiger charge is -2.11. The van der Waals surface area contributed by atoms with Crippen molar-refractivity contribution in [2.75, 3.05) is 7.11 Å².